The third-order valence-electron chi connectivity index (χ3n) is 2.77. The van der Waals surface area contributed by atoms with E-state index in [0.29, 0.717) is 5.92 Å². The van der Waals surface area contributed by atoms with Crippen LogP contribution in [0.2, 0.25) is 0 Å². The van der Waals surface area contributed by atoms with Crippen molar-refractivity contribution < 1.29 is 4.74 Å². The lowest BCUT2D eigenvalue weighted by Crippen LogP contribution is -2.00. The van der Waals surface area contributed by atoms with Gasteiger partial charge in [0.15, 0.2) is 0 Å². The normalized spacial score (nSPS) is 11.6. The van der Waals surface area contributed by atoms with Crippen molar-refractivity contribution >= 4 is 0 Å². The zero-order chi connectivity index (χ0) is 12.1. The number of hydrogen-bond acceptors (Lipinski definition) is 1. The van der Waals surface area contributed by atoms with Gasteiger partial charge in [0.05, 0.1) is 7.11 Å². The molecule has 1 heteroatoms. The van der Waals surface area contributed by atoms with Gasteiger partial charge < -0.3 is 4.74 Å². The van der Waals surface area contributed by atoms with Crippen LogP contribution in [-0.2, 0) is 0 Å². The molecule has 0 heterocycles. The van der Waals surface area contributed by atoms with Crippen molar-refractivity contribution in [3.8, 4) is 17.6 Å². The summed E-state index contributed by atoms with van der Waals surface area (Å²) < 4.78 is 5.48. The van der Waals surface area contributed by atoms with E-state index in [-0.39, 0.29) is 0 Å². The standard InChI is InChI=1S/C15H20O/c1-6-7-8-12(3)14-10-11(2)9-13(4)15(14)16-5/h9-10,12H,8H2,1-5H3. The monoisotopic (exact) mass is 216 g/mol. The highest BCUT2D eigenvalue weighted by Gasteiger charge is 2.13. The second kappa shape index (κ2) is 5.61. The van der Waals surface area contributed by atoms with Gasteiger partial charge in [0.1, 0.15) is 5.75 Å². The van der Waals surface area contributed by atoms with E-state index in [1.165, 1.54) is 16.7 Å². The Bertz CT molecular complexity index is 421. The summed E-state index contributed by atoms with van der Waals surface area (Å²) in [6.07, 6.45) is 0.885. The summed E-state index contributed by atoms with van der Waals surface area (Å²) >= 11 is 0. The lowest BCUT2D eigenvalue weighted by molar-refractivity contribution is 0.403. The molecule has 16 heavy (non-hydrogen) atoms. The Morgan fingerprint density at radius 2 is 2.00 bits per heavy atom. The molecule has 0 bridgehead atoms. The van der Waals surface area contributed by atoms with Gasteiger partial charge in [0.25, 0.3) is 0 Å². The van der Waals surface area contributed by atoms with Crippen LogP contribution in [-0.4, -0.2) is 7.11 Å². The predicted octanol–water partition coefficient (Wildman–Crippen LogP) is 3.83. The summed E-state index contributed by atoms with van der Waals surface area (Å²) in [6, 6.07) is 4.36. The molecule has 0 aliphatic heterocycles. The van der Waals surface area contributed by atoms with E-state index in [0.717, 1.165) is 12.2 Å². The van der Waals surface area contributed by atoms with Gasteiger partial charge in [0, 0.05) is 6.42 Å². The van der Waals surface area contributed by atoms with Crippen LogP contribution in [0.1, 0.15) is 42.9 Å². The van der Waals surface area contributed by atoms with Crippen LogP contribution in [0.15, 0.2) is 12.1 Å². The number of hydrogen-bond donors (Lipinski definition) is 0. The Hall–Kier alpha value is -1.42. The van der Waals surface area contributed by atoms with Crippen molar-refractivity contribution in [1.82, 2.24) is 0 Å². The lowest BCUT2D eigenvalue weighted by atomic mass is 9.93. The van der Waals surface area contributed by atoms with E-state index in [9.17, 15) is 0 Å². The number of ether oxygens (including phenoxy) is 1. The van der Waals surface area contributed by atoms with E-state index in [4.69, 9.17) is 4.74 Å². The Morgan fingerprint density at radius 3 is 2.56 bits per heavy atom. The molecule has 0 N–H and O–H groups in total. The quantitative estimate of drug-likeness (QED) is 0.698. The summed E-state index contributed by atoms with van der Waals surface area (Å²) in [4.78, 5) is 0. The Morgan fingerprint density at radius 1 is 1.31 bits per heavy atom. The zero-order valence-electron chi connectivity index (χ0n) is 10.8. The minimum absolute atomic E-state index is 0.418. The maximum absolute atomic E-state index is 5.48. The van der Waals surface area contributed by atoms with Crippen molar-refractivity contribution in [2.24, 2.45) is 0 Å². The molecule has 0 aliphatic rings. The topological polar surface area (TPSA) is 9.23 Å². The molecule has 1 atom stereocenters. The molecular formula is C15H20O. The van der Waals surface area contributed by atoms with Crippen LogP contribution in [0, 0.1) is 25.7 Å². The molecule has 0 radical (unpaired) electrons. The molecule has 1 nitrogen and oxygen atoms in total. The van der Waals surface area contributed by atoms with Crippen molar-refractivity contribution in [2.45, 2.75) is 40.0 Å². The van der Waals surface area contributed by atoms with Gasteiger partial charge in [-0.05, 0) is 37.8 Å². The van der Waals surface area contributed by atoms with E-state index < -0.39 is 0 Å². The smallest absolute Gasteiger partial charge is 0.125 e. The molecule has 1 rings (SSSR count). The van der Waals surface area contributed by atoms with E-state index in [1.807, 2.05) is 6.92 Å². The van der Waals surface area contributed by atoms with Crippen LogP contribution in [0.4, 0.5) is 0 Å². The Kier molecular flexibility index (Phi) is 4.43. The van der Waals surface area contributed by atoms with Gasteiger partial charge >= 0.3 is 0 Å². The van der Waals surface area contributed by atoms with Crippen molar-refractivity contribution in [3.05, 3.63) is 28.8 Å². The fraction of sp³-hybridized carbons (Fsp3) is 0.467. The Labute approximate surface area is 98.8 Å². The minimum atomic E-state index is 0.418. The van der Waals surface area contributed by atoms with Crippen LogP contribution < -0.4 is 4.74 Å². The van der Waals surface area contributed by atoms with Gasteiger partial charge in [-0.3, -0.25) is 0 Å². The summed E-state index contributed by atoms with van der Waals surface area (Å²) in [6.45, 7) is 8.29. The SMILES string of the molecule is CC#CCC(C)c1cc(C)cc(C)c1OC. The van der Waals surface area contributed by atoms with Crippen molar-refractivity contribution in [1.29, 1.82) is 0 Å². The van der Waals surface area contributed by atoms with Gasteiger partial charge in [0.2, 0.25) is 0 Å². The van der Waals surface area contributed by atoms with Crippen LogP contribution in [0.3, 0.4) is 0 Å². The molecule has 0 aromatic heterocycles. The molecule has 0 saturated carbocycles. The molecule has 1 aromatic rings. The van der Waals surface area contributed by atoms with Crippen molar-refractivity contribution in [2.75, 3.05) is 7.11 Å². The highest BCUT2D eigenvalue weighted by atomic mass is 16.5. The largest absolute Gasteiger partial charge is 0.496 e. The van der Waals surface area contributed by atoms with Gasteiger partial charge in [-0.2, -0.15) is 0 Å². The molecule has 0 fully saturated rings. The third kappa shape index (κ3) is 2.79. The molecule has 0 amide bonds. The molecule has 1 unspecified atom stereocenters. The molecule has 0 aliphatic carbocycles. The second-order valence-corrected chi connectivity index (χ2v) is 4.24. The first-order valence-corrected chi connectivity index (χ1v) is 5.64. The zero-order valence-corrected chi connectivity index (χ0v) is 10.8. The first-order valence-electron chi connectivity index (χ1n) is 5.64. The summed E-state index contributed by atoms with van der Waals surface area (Å²) in [7, 11) is 1.74. The molecule has 0 spiro atoms. The van der Waals surface area contributed by atoms with Gasteiger partial charge in [-0.25, -0.2) is 0 Å². The summed E-state index contributed by atoms with van der Waals surface area (Å²) in [5, 5.41) is 0. The first kappa shape index (κ1) is 12.6. The number of rotatable bonds is 3. The van der Waals surface area contributed by atoms with Gasteiger partial charge in [-0.15, -0.1) is 11.8 Å². The number of methoxy groups -OCH3 is 1. The fourth-order valence-corrected chi connectivity index (χ4v) is 2.00. The van der Waals surface area contributed by atoms with Gasteiger partial charge in [-0.1, -0.05) is 24.6 Å². The average molecular weight is 216 g/mol. The number of aryl methyl sites for hydroxylation is 2. The maximum Gasteiger partial charge on any atom is 0.125 e. The first-order chi connectivity index (χ1) is 7.60. The van der Waals surface area contributed by atoms with Crippen LogP contribution in [0.25, 0.3) is 0 Å². The van der Waals surface area contributed by atoms with E-state index >= 15 is 0 Å². The summed E-state index contributed by atoms with van der Waals surface area (Å²) in [5.41, 5.74) is 3.75. The molecular weight excluding hydrogens is 196 g/mol. The fourth-order valence-electron chi connectivity index (χ4n) is 2.00. The number of benzene rings is 1. The third-order valence-corrected chi connectivity index (χ3v) is 2.77. The van der Waals surface area contributed by atoms with E-state index in [2.05, 4.69) is 44.7 Å². The van der Waals surface area contributed by atoms with Crippen molar-refractivity contribution in [3.63, 3.8) is 0 Å². The molecule has 0 saturated heterocycles. The van der Waals surface area contributed by atoms with E-state index in [1.54, 1.807) is 7.11 Å². The highest BCUT2D eigenvalue weighted by molar-refractivity contribution is 5.45. The predicted molar refractivity (Wildman–Crippen MR) is 69.0 cm³/mol. The minimum Gasteiger partial charge on any atom is -0.496 e. The molecule has 86 valence electrons. The average Bonchev–Trinajstić information content (AvgIpc) is 2.24. The lowest BCUT2D eigenvalue weighted by Gasteiger charge is -2.16. The Balaban J connectivity index is 3.13. The highest BCUT2D eigenvalue weighted by Crippen LogP contribution is 2.32. The van der Waals surface area contributed by atoms with Crippen LogP contribution in [0.5, 0.6) is 5.75 Å². The second-order valence-electron chi connectivity index (χ2n) is 4.24. The summed E-state index contributed by atoms with van der Waals surface area (Å²) in [5.74, 6) is 7.50. The maximum atomic E-state index is 5.48. The molecule has 1 aromatic carbocycles. The van der Waals surface area contributed by atoms with Crippen LogP contribution >= 0.6 is 0 Å².